The zero-order valence-electron chi connectivity index (χ0n) is 10.6. The van der Waals surface area contributed by atoms with Crippen molar-refractivity contribution in [1.29, 1.82) is 0 Å². The van der Waals surface area contributed by atoms with Gasteiger partial charge in [-0.3, -0.25) is 4.98 Å². The Morgan fingerprint density at radius 1 is 1.16 bits per heavy atom. The number of halogens is 1. The fraction of sp³-hybridized carbons (Fsp3) is 0.462. The predicted octanol–water partition coefficient (Wildman–Crippen LogP) is 2.57. The average Bonchev–Trinajstić information content (AvgIpc) is 2.45. The summed E-state index contributed by atoms with van der Waals surface area (Å²) >= 11 is 5.76. The third-order valence-corrected chi connectivity index (χ3v) is 3.42. The number of fused-ring (bicyclic) bond motifs is 1. The molecule has 3 rings (SSSR count). The second-order valence-corrected chi connectivity index (χ2v) is 4.95. The van der Waals surface area contributed by atoms with Gasteiger partial charge in [0, 0.05) is 23.2 Å². The van der Waals surface area contributed by atoms with Crippen molar-refractivity contribution < 1.29 is 5.11 Å². The SMILES string of the molecule is Nc1nnc(Cl)c2cnccc12.OC1CCCCC1. The number of aliphatic hydroxyl groups excluding tert-OH is 1. The first kappa shape index (κ1) is 14.0. The number of nitrogens with two attached hydrogens (primary N) is 1. The molecule has 5 nitrogen and oxygen atoms in total. The monoisotopic (exact) mass is 280 g/mol. The van der Waals surface area contributed by atoms with E-state index >= 15 is 0 Å². The number of aromatic nitrogens is 3. The van der Waals surface area contributed by atoms with Gasteiger partial charge in [0.1, 0.15) is 0 Å². The molecule has 0 saturated heterocycles. The molecule has 2 aromatic rings. The lowest BCUT2D eigenvalue weighted by molar-refractivity contribution is 0.130. The van der Waals surface area contributed by atoms with E-state index in [4.69, 9.17) is 22.4 Å². The second kappa shape index (κ2) is 6.63. The quantitative estimate of drug-likeness (QED) is 0.775. The Kier molecular flexibility index (Phi) is 4.87. The summed E-state index contributed by atoms with van der Waals surface area (Å²) < 4.78 is 0. The molecule has 0 unspecified atom stereocenters. The van der Waals surface area contributed by atoms with E-state index in [2.05, 4.69) is 15.2 Å². The maximum Gasteiger partial charge on any atom is 0.161 e. The van der Waals surface area contributed by atoms with Crippen LogP contribution in [0.3, 0.4) is 0 Å². The molecule has 0 radical (unpaired) electrons. The number of hydrogen-bond donors (Lipinski definition) is 2. The van der Waals surface area contributed by atoms with Crippen LogP contribution < -0.4 is 5.73 Å². The van der Waals surface area contributed by atoms with Gasteiger partial charge < -0.3 is 10.8 Å². The van der Waals surface area contributed by atoms with Crippen LogP contribution in [0.1, 0.15) is 32.1 Å². The minimum absolute atomic E-state index is 0.0359. The third-order valence-electron chi connectivity index (χ3n) is 3.14. The Bertz CT molecular complexity index is 503. The van der Waals surface area contributed by atoms with Crippen molar-refractivity contribution in [2.75, 3.05) is 5.73 Å². The first-order valence-electron chi connectivity index (χ1n) is 6.38. The highest BCUT2D eigenvalue weighted by Gasteiger charge is 2.07. The molecule has 1 aliphatic carbocycles. The molecule has 6 heteroatoms. The summed E-state index contributed by atoms with van der Waals surface area (Å²) in [5, 5.41) is 18.1. The maximum absolute atomic E-state index is 8.91. The van der Waals surface area contributed by atoms with E-state index in [1.807, 2.05) is 0 Å². The largest absolute Gasteiger partial charge is 0.393 e. The molecule has 0 aromatic carbocycles. The van der Waals surface area contributed by atoms with Gasteiger partial charge in [0.2, 0.25) is 0 Å². The van der Waals surface area contributed by atoms with Crippen LogP contribution in [0.4, 0.5) is 5.82 Å². The number of pyridine rings is 1. The lowest BCUT2D eigenvalue weighted by Gasteiger charge is -2.14. The first-order valence-corrected chi connectivity index (χ1v) is 6.75. The van der Waals surface area contributed by atoms with Crippen molar-refractivity contribution >= 4 is 28.2 Å². The van der Waals surface area contributed by atoms with E-state index in [9.17, 15) is 0 Å². The summed E-state index contributed by atoms with van der Waals surface area (Å²) in [5.41, 5.74) is 5.57. The van der Waals surface area contributed by atoms with Gasteiger partial charge in [-0.15, -0.1) is 10.2 Å². The van der Waals surface area contributed by atoms with Crippen LogP contribution in [0.2, 0.25) is 5.15 Å². The second-order valence-electron chi connectivity index (χ2n) is 4.59. The Labute approximate surface area is 116 Å². The molecular weight excluding hydrogens is 264 g/mol. The van der Waals surface area contributed by atoms with Gasteiger partial charge in [-0.2, -0.15) is 0 Å². The smallest absolute Gasteiger partial charge is 0.161 e. The minimum Gasteiger partial charge on any atom is -0.393 e. The average molecular weight is 281 g/mol. The Balaban J connectivity index is 0.000000163. The topological polar surface area (TPSA) is 84.9 Å². The molecule has 0 amide bonds. The fourth-order valence-electron chi connectivity index (χ4n) is 2.07. The van der Waals surface area contributed by atoms with Crippen LogP contribution >= 0.6 is 11.6 Å². The summed E-state index contributed by atoms with van der Waals surface area (Å²) in [5.74, 6) is 0.372. The molecule has 0 spiro atoms. The minimum atomic E-state index is 0.0359. The van der Waals surface area contributed by atoms with E-state index in [0.717, 1.165) is 23.6 Å². The normalized spacial score (nSPS) is 15.9. The van der Waals surface area contributed by atoms with Gasteiger partial charge in [-0.1, -0.05) is 30.9 Å². The van der Waals surface area contributed by atoms with Crippen LogP contribution in [0.5, 0.6) is 0 Å². The van der Waals surface area contributed by atoms with Gasteiger partial charge in [0.05, 0.1) is 6.10 Å². The maximum atomic E-state index is 8.91. The van der Waals surface area contributed by atoms with Gasteiger partial charge in [-0.05, 0) is 18.9 Å². The van der Waals surface area contributed by atoms with Gasteiger partial charge >= 0.3 is 0 Å². The van der Waals surface area contributed by atoms with Crippen LogP contribution in [-0.4, -0.2) is 26.4 Å². The summed E-state index contributed by atoms with van der Waals surface area (Å²) in [7, 11) is 0. The lowest BCUT2D eigenvalue weighted by atomic mass is 9.98. The number of nitrogens with zero attached hydrogens (tertiary/aromatic N) is 3. The fourth-order valence-corrected chi connectivity index (χ4v) is 2.26. The molecule has 19 heavy (non-hydrogen) atoms. The highest BCUT2D eigenvalue weighted by Crippen LogP contribution is 2.22. The van der Waals surface area contributed by atoms with Crippen molar-refractivity contribution in [3.05, 3.63) is 23.6 Å². The molecule has 1 aliphatic rings. The van der Waals surface area contributed by atoms with Gasteiger partial charge in [0.15, 0.2) is 11.0 Å². The highest BCUT2D eigenvalue weighted by atomic mass is 35.5. The number of aliphatic hydroxyl groups is 1. The molecule has 1 saturated carbocycles. The van der Waals surface area contributed by atoms with Gasteiger partial charge in [-0.25, -0.2) is 0 Å². The van der Waals surface area contributed by atoms with Crippen LogP contribution in [0, 0.1) is 0 Å². The third kappa shape index (κ3) is 3.75. The number of anilines is 1. The lowest BCUT2D eigenvalue weighted by Crippen LogP contribution is -2.09. The van der Waals surface area contributed by atoms with Crippen molar-refractivity contribution in [1.82, 2.24) is 15.2 Å². The molecule has 102 valence electrons. The number of rotatable bonds is 0. The molecule has 2 heterocycles. The van der Waals surface area contributed by atoms with E-state index in [-0.39, 0.29) is 6.10 Å². The van der Waals surface area contributed by atoms with E-state index in [1.165, 1.54) is 19.3 Å². The van der Waals surface area contributed by atoms with E-state index in [0.29, 0.717) is 11.0 Å². The van der Waals surface area contributed by atoms with E-state index < -0.39 is 0 Å². The molecule has 0 bridgehead atoms. The van der Waals surface area contributed by atoms with Crippen LogP contribution in [0.25, 0.3) is 10.8 Å². The summed E-state index contributed by atoms with van der Waals surface area (Å²) in [4.78, 5) is 3.91. The van der Waals surface area contributed by atoms with Crippen LogP contribution in [0.15, 0.2) is 18.5 Å². The van der Waals surface area contributed by atoms with Crippen molar-refractivity contribution in [2.24, 2.45) is 0 Å². The van der Waals surface area contributed by atoms with Crippen molar-refractivity contribution in [3.8, 4) is 0 Å². The van der Waals surface area contributed by atoms with Crippen molar-refractivity contribution in [3.63, 3.8) is 0 Å². The molecule has 3 N–H and O–H groups in total. The summed E-state index contributed by atoms with van der Waals surface area (Å²) in [6, 6.07) is 1.76. The van der Waals surface area contributed by atoms with Crippen LogP contribution in [-0.2, 0) is 0 Å². The number of hydrogen-bond acceptors (Lipinski definition) is 5. The van der Waals surface area contributed by atoms with Crippen molar-refractivity contribution in [2.45, 2.75) is 38.2 Å². The molecule has 0 aliphatic heterocycles. The Morgan fingerprint density at radius 2 is 1.89 bits per heavy atom. The highest BCUT2D eigenvalue weighted by molar-refractivity contribution is 6.34. The summed E-state index contributed by atoms with van der Waals surface area (Å²) in [6.45, 7) is 0. The first-order chi connectivity index (χ1) is 9.18. The van der Waals surface area contributed by atoms with Gasteiger partial charge in [0.25, 0.3) is 0 Å². The Morgan fingerprint density at radius 3 is 2.47 bits per heavy atom. The zero-order valence-corrected chi connectivity index (χ0v) is 11.3. The predicted molar refractivity (Wildman–Crippen MR) is 75.8 cm³/mol. The standard InChI is InChI=1S/C7H5ClN4.C6H12O/c8-6-5-3-10-2-1-4(5)7(9)12-11-6;7-6-4-2-1-3-5-6/h1-3H,(H2,9,12);6-7H,1-5H2. The Hall–Kier alpha value is -1.46. The summed E-state index contributed by atoms with van der Waals surface area (Å²) in [6.07, 6.45) is 9.17. The molecule has 0 atom stereocenters. The van der Waals surface area contributed by atoms with E-state index in [1.54, 1.807) is 18.5 Å². The molecular formula is C13H17ClN4O. The molecule has 2 aromatic heterocycles. The number of nitrogen functional groups attached to an aromatic ring is 1. The molecule has 1 fully saturated rings. The zero-order chi connectivity index (χ0) is 13.7.